The summed E-state index contributed by atoms with van der Waals surface area (Å²) in [5, 5.41) is -0.0450. The van der Waals surface area contributed by atoms with E-state index in [1.54, 1.807) is 56.5 Å². The number of nitrogens with one attached hydrogen (secondary N) is 1. The van der Waals surface area contributed by atoms with Crippen LogP contribution in [0, 0.1) is 0 Å². The average Bonchev–Trinajstić information content (AvgIpc) is 2.51. The number of anilines is 2. The van der Waals surface area contributed by atoms with Crippen molar-refractivity contribution in [2.24, 2.45) is 5.84 Å². The maximum Gasteiger partial charge on any atom is 0.295 e. The molecule has 3 unspecified atom stereocenters. The van der Waals surface area contributed by atoms with Gasteiger partial charge in [-0.3, -0.25) is 33.0 Å². The number of methoxy groups -OCH3 is 2. The summed E-state index contributed by atoms with van der Waals surface area (Å²) in [6, 6.07) is 8.79. The fourth-order valence-electron chi connectivity index (χ4n) is 10.9. The van der Waals surface area contributed by atoms with Gasteiger partial charge < -0.3 is 33.5 Å². The number of nitrogens with zero attached hydrogens (tertiary/aromatic N) is 2. The number of ether oxygens (including phenoxy) is 5. The smallest absolute Gasteiger partial charge is 0.295 e. The number of carbonyl (C=O) groups is 1. The lowest BCUT2D eigenvalue weighted by atomic mass is 9.73. The minimum Gasteiger partial charge on any atom is -0.383 e. The van der Waals surface area contributed by atoms with Crippen LogP contribution in [-0.2, 0) is 89.9 Å². The van der Waals surface area contributed by atoms with Crippen molar-refractivity contribution in [1.82, 2.24) is 5.43 Å². The topological polar surface area (TPSA) is 380 Å². The van der Waals surface area contributed by atoms with Crippen LogP contribution in [0.3, 0.4) is 0 Å². The van der Waals surface area contributed by atoms with E-state index in [-0.39, 0.29) is 92.7 Å². The van der Waals surface area contributed by atoms with Gasteiger partial charge in [-0.25, -0.2) is 5.84 Å². The van der Waals surface area contributed by atoms with Gasteiger partial charge in [0.2, 0.25) is 5.91 Å². The second-order valence-corrected chi connectivity index (χ2v) is 27.2. The van der Waals surface area contributed by atoms with Crippen LogP contribution in [0.15, 0.2) is 104 Å². The van der Waals surface area contributed by atoms with E-state index in [1.807, 2.05) is 16.7 Å². The molecule has 4 aromatic carbocycles. The van der Waals surface area contributed by atoms with Crippen molar-refractivity contribution in [3.63, 3.8) is 0 Å². The molecule has 2 aliphatic heterocycles. The number of hydrogen-bond donors (Lipinski definition) is 7. The zero-order valence-corrected chi connectivity index (χ0v) is 49.7. The standard InChI is InChI=1S/C52H70N4O21S5/c1-51(19-11-31-78(58,59)60)46(56(22-24-73-3)43-18-16-38-40(49(43)51)32-36(79(61,62)63)34-44(38)81(67,68)69)12-7-5-8-13-47-52(2,20-23-75-27-28-77-30-29-76-26-25-74-4)50-41-33-37(80(64,65)66)35-45(82(70,71)72)39(41)15-17-42(50)55(47)21-10-6-9-14-48(57)54-53/h5,7-8,12-13,15-18,32-35,46H,6,9-11,14,19-31,53H2,1-4H3,(H,54,57)(H,58,59,60)(H,61,62,63)(H,64,65,66)(H,67,68,69)(H,70,71,72)/b8-5+,12-7+,47-13+. The van der Waals surface area contributed by atoms with Crippen molar-refractivity contribution in [2.45, 2.75) is 95.2 Å². The number of allylic oxidation sites excluding steroid dienone is 5. The fourth-order valence-corrected chi connectivity index (χ4v) is 14.1. The molecule has 0 aromatic heterocycles. The van der Waals surface area contributed by atoms with Crippen LogP contribution in [0.25, 0.3) is 21.5 Å². The molecule has 6 rings (SSSR count). The van der Waals surface area contributed by atoms with Crippen LogP contribution in [-0.4, -0.2) is 163 Å². The van der Waals surface area contributed by atoms with E-state index >= 15 is 0 Å². The highest BCUT2D eigenvalue weighted by Gasteiger charge is 2.48. The molecular formula is C52H70N4O21S5. The first-order valence-corrected chi connectivity index (χ1v) is 33.2. The molecule has 4 aromatic rings. The van der Waals surface area contributed by atoms with Crippen LogP contribution in [0.4, 0.5) is 11.4 Å². The molecule has 0 aliphatic carbocycles. The summed E-state index contributed by atoms with van der Waals surface area (Å²) in [4.78, 5) is 12.7. The van der Waals surface area contributed by atoms with E-state index in [0.717, 1.165) is 12.1 Å². The first-order chi connectivity index (χ1) is 38.4. The Bertz CT molecular complexity index is 3670. The normalized spacial score (nSPS) is 19.4. The Kier molecular flexibility index (Phi) is 22.1. The van der Waals surface area contributed by atoms with Gasteiger partial charge in [-0.15, -0.1) is 0 Å². The van der Waals surface area contributed by atoms with Crippen molar-refractivity contribution in [3.8, 4) is 0 Å². The third-order valence-electron chi connectivity index (χ3n) is 14.6. The summed E-state index contributed by atoms with van der Waals surface area (Å²) in [6.45, 7) is 6.08. The molecule has 0 bridgehead atoms. The van der Waals surface area contributed by atoms with Crippen LogP contribution >= 0.6 is 0 Å². The second-order valence-electron chi connectivity index (χ2n) is 20.1. The Hall–Kier alpha value is -5.00. The maximum absolute atomic E-state index is 13.0. The van der Waals surface area contributed by atoms with E-state index in [4.69, 9.17) is 29.5 Å². The number of amides is 1. The number of rotatable bonds is 32. The maximum atomic E-state index is 13.0. The predicted molar refractivity (Wildman–Crippen MR) is 304 cm³/mol. The number of nitrogens with two attached hydrogens (primary N) is 1. The average molecular weight is 1250 g/mol. The van der Waals surface area contributed by atoms with E-state index in [1.165, 1.54) is 19.2 Å². The van der Waals surface area contributed by atoms with Gasteiger partial charge in [0.15, 0.2) is 0 Å². The Morgan fingerprint density at radius 3 is 1.66 bits per heavy atom. The summed E-state index contributed by atoms with van der Waals surface area (Å²) in [6.07, 6.45) is 10.3. The second kappa shape index (κ2) is 27.4. The molecule has 2 aliphatic rings. The van der Waals surface area contributed by atoms with Gasteiger partial charge >= 0.3 is 0 Å². The number of fused-ring (bicyclic) bond motifs is 6. The number of hydrogen-bond acceptors (Lipinski definition) is 19. The van der Waals surface area contributed by atoms with Crippen LogP contribution in [0.5, 0.6) is 0 Å². The molecule has 3 atom stereocenters. The molecule has 454 valence electrons. The Morgan fingerprint density at radius 1 is 0.598 bits per heavy atom. The Balaban J connectivity index is 1.50. The molecule has 82 heavy (non-hydrogen) atoms. The van der Waals surface area contributed by atoms with Gasteiger partial charge in [-0.05, 0) is 103 Å². The highest BCUT2D eigenvalue weighted by molar-refractivity contribution is 7.87. The van der Waals surface area contributed by atoms with Crippen molar-refractivity contribution >= 4 is 89.4 Å². The van der Waals surface area contributed by atoms with E-state index in [2.05, 4.69) is 5.43 Å². The SMILES string of the molecule is COCCOCCOCCOCCC1(C)\C(=C/C=C/C=C/C2N(CCOC)c3ccc4c(S(=O)(=O)O)cc(S(=O)(=O)O)cc4c3C2(C)CCCS(=O)(=O)O)N(CCCCCC(=O)NN)c2ccc3c(S(=O)(=O)O)cc(S(=O)(=O)O)cc3c21. The zero-order chi connectivity index (χ0) is 60.5. The van der Waals surface area contributed by atoms with Crippen molar-refractivity contribution < 1.29 is 93.3 Å². The van der Waals surface area contributed by atoms with E-state index in [9.17, 15) is 69.6 Å². The molecule has 1 amide bonds. The number of hydrazine groups is 1. The molecular weight excluding hydrogens is 1180 g/mol. The first-order valence-electron chi connectivity index (χ1n) is 25.8. The molecule has 2 heterocycles. The molecule has 0 radical (unpaired) electrons. The zero-order valence-electron chi connectivity index (χ0n) is 45.6. The lowest BCUT2D eigenvalue weighted by molar-refractivity contribution is -0.121. The summed E-state index contributed by atoms with van der Waals surface area (Å²) >= 11 is 0. The van der Waals surface area contributed by atoms with Gasteiger partial charge in [-0.2, -0.15) is 42.1 Å². The Labute approximate surface area is 478 Å². The van der Waals surface area contributed by atoms with Gasteiger partial charge in [0.1, 0.15) is 9.79 Å². The highest BCUT2D eigenvalue weighted by Crippen LogP contribution is 2.55. The minimum atomic E-state index is -5.12. The highest BCUT2D eigenvalue weighted by atomic mass is 32.2. The molecule has 0 fully saturated rings. The number of benzene rings is 4. The fraction of sp³-hybridized carbons (Fsp3) is 0.481. The first kappa shape index (κ1) is 66.1. The number of carbonyl (C=O) groups excluding carboxylic acids is 1. The predicted octanol–water partition coefficient (Wildman–Crippen LogP) is 5.15. The van der Waals surface area contributed by atoms with Crippen LogP contribution in [0.2, 0.25) is 0 Å². The van der Waals surface area contributed by atoms with Gasteiger partial charge in [-0.1, -0.05) is 49.8 Å². The molecule has 25 nitrogen and oxygen atoms in total. The summed E-state index contributed by atoms with van der Waals surface area (Å²) < 4.78 is 205. The molecule has 0 saturated heterocycles. The third kappa shape index (κ3) is 15.8. The minimum absolute atomic E-state index is 0.00498. The monoisotopic (exact) mass is 1250 g/mol. The lowest BCUT2D eigenvalue weighted by Gasteiger charge is -2.35. The summed E-state index contributed by atoms with van der Waals surface area (Å²) in [7, 11) is -21.8. The molecule has 8 N–H and O–H groups in total. The van der Waals surface area contributed by atoms with Crippen LogP contribution < -0.4 is 21.1 Å². The molecule has 0 saturated carbocycles. The van der Waals surface area contributed by atoms with Crippen molar-refractivity contribution in [3.05, 3.63) is 95.7 Å². The third-order valence-corrected chi connectivity index (χ3v) is 18.8. The van der Waals surface area contributed by atoms with Gasteiger partial charge in [0.25, 0.3) is 50.6 Å². The molecule has 0 spiro atoms. The van der Waals surface area contributed by atoms with E-state index in [0.29, 0.717) is 86.0 Å². The van der Waals surface area contributed by atoms with Gasteiger partial charge in [0.05, 0.1) is 67.8 Å². The Morgan fingerprint density at radius 2 is 1.13 bits per heavy atom. The number of unbranched alkanes of at least 4 members (excludes halogenated alkanes) is 2. The lowest BCUT2D eigenvalue weighted by Crippen LogP contribution is -2.43. The molecule has 30 heteroatoms. The summed E-state index contributed by atoms with van der Waals surface area (Å²) in [5.41, 5.74) is 2.08. The van der Waals surface area contributed by atoms with Gasteiger partial charge in [0, 0.05) is 79.0 Å². The van der Waals surface area contributed by atoms with Crippen molar-refractivity contribution in [1.29, 1.82) is 0 Å². The van der Waals surface area contributed by atoms with Crippen LogP contribution in [0.1, 0.15) is 69.9 Å². The van der Waals surface area contributed by atoms with E-state index < -0.39 is 92.8 Å². The quantitative estimate of drug-likeness (QED) is 0.00829. The largest absolute Gasteiger partial charge is 0.383 e. The van der Waals surface area contributed by atoms with Crippen molar-refractivity contribution in [2.75, 3.05) is 95.7 Å². The summed E-state index contributed by atoms with van der Waals surface area (Å²) in [5.74, 6) is 4.28.